The maximum absolute atomic E-state index is 12.3. The Kier molecular flexibility index (Phi) is 7.60. The van der Waals surface area contributed by atoms with Crippen LogP contribution in [0.25, 0.3) is 0 Å². The van der Waals surface area contributed by atoms with Gasteiger partial charge in [0.15, 0.2) is 0 Å². The zero-order chi connectivity index (χ0) is 25.5. The van der Waals surface area contributed by atoms with Crippen LogP contribution in [0, 0.1) is 56.5 Å². The van der Waals surface area contributed by atoms with E-state index in [1.165, 1.54) is 52.1 Å². The molecule has 0 aromatic rings. The largest absolute Gasteiger partial charge is 0.508 e. The van der Waals surface area contributed by atoms with E-state index in [1.54, 1.807) is 0 Å². The van der Waals surface area contributed by atoms with Crippen LogP contribution in [0.4, 0.5) is 4.79 Å². The molecule has 3 saturated carbocycles. The van der Waals surface area contributed by atoms with E-state index in [-0.39, 0.29) is 16.4 Å². The molecule has 0 unspecified atom stereocenters. The molecule has 0 spiro atoms. The zero-order valence-corrected chi connectivity index (χ0v) is 22.8. The van der Waals surface area contributed by atoms with Crippen molar-refractivity contribution in [2.24, 2.45) is 46.3 Å². The van der Waals surface area contributed by atoms with Gasteiger partial charge in [0.1, 0.15) is 6.10 Å². The molecule has 0 aromatic carbocycles. The van der Waals surface area contributed by atoms with E-state index in [2.05, 4.69) is 39.4 Å². The normalized spacial score (nSPS) is 39.5. The lowest BCUT2D eigenvalue weighted by molar-refractivity contribution is -0.434. The van der Waals surface area contributed by atoms with Gasteiger partial charge in [-0.15, -0.1) is 0 Å². The monoisotopic (exact) mass is 489 g/mol. The molecule has 3 fully saturated rings. The molecular formula is C29H47NO5. The average molecular weight is 490 g/mol. The van der Waals surface area contributed by atoms with Gasteiger partial charge < -0.3 is 9.47 Å². The van der Waals surface area contributed by atoms with E-state index in [0.717, 1.165) is 36.2 Å². The second-order valence-electron chi connectivity index (χ2n) is 13.1. The van der Waals surface area contributed by atoms with Crippen molar-refractivity contribution in [2.45, 2.75) is 111 Å². The number of hydrogen-bond donors (Lipinski definition) is 0. The number of nitro groups is 1. The van der Waals surface area contributed by atoms with E-state index >= 15 is 0 Å². The topological polar surface area (TPSA) is 78.7 Å². The minimum Gasteiger partial charge on any atom is -0.438 e. The van der Waals surface area contributed by atoms with Gasteiger partial charge >= 0.3 is 6.16 Å². The Balaban J connectivity index is 1.57. The van der Waals surface area contributed by atoms with Gasteiger partial charge in [0.25, 0.3) is 0 Å². The van der Waals surface area contributed by atoms with Crippen molar-refractivity contribution in [3.63, 3.8) is 0 Å². The Hall–Kier alpha value is -1.59. The lowest BCUT2D eigenvalue weighted by atomic mass is 9.46. The van der Waals surface area contributed by atoms with E-state index < -0.39 is 6.16 Å². The second-order valence-corrected chi connectivity index (χ2v) is 13.1. The lowest BCUT2D eigenvalue weighted by Crippen LogP contribution is -2.52. The summed E-state index contributed by atoms with van der Waals surface area (Å²) in [5.41, 5.74) is 1.51. The van der Waals surface area contributed by atoms with Crippen LogP contribution in [0.2, 0.25) is 0 Å². The highest BCUT2D eigenvalue weighted by Gasteiger charge is 2.61. The van der Waals surface area contributed by atoms with Gasteiger partial charge in [-0.05, 0) is 84.9 Å². The Morgan fingerprint density at radius 1 is 1.06 bits per heavy atom. The highest BCUT2D eigenvalue weighted by Crippen LogP contribution is 2.68. The van der Waals surface area contributed by atoms with Crippen LogP contribution in [-0.4, -0.2) is 24.3 Å². The predicted molar refractivity (Wildman–Crippen MR) is 136 cm³/mol. The molecule has 6 nitrogen and oxygen atoms in total. The van der Waals surface area contributed by atoms with Gasteiger partial charge in [-0.2, -0.15) is 0 Å². The first-order chi connectivity index (χ1) is 16.5. The molecule has 0 saturated heterocycles. The number of ether oxygens (including phenoxy) is 2. The molecule has 0 aliphatic heterocycles. The van der Waals surface area contributed by atoms with Gasteiger partial charge in [-0.25, -0.2) is 4.79 Å². The van der Waals surface area contributed by atoms with Crippen LogP contribution in [0.5, 0.6) is 0 Å². The van der Waals surface area contributed by atoms with Crippen LogP contribution in [0.1, 0.15) is 105 Å². The minimum absolute atomic E-state index is 0.114. The molecule has 0 bridgehead atoms. The van der Waals surface area contributed by atoms with Crippen LogP contribution >= 0.6 is 0 Å². The van der Waals surface area contributed by atoms with Gasteiger partial charge in [0, 0.05) is 18.4 Å². The molecule has 4 aliphatic carbocycles. The van der Waals surface area contributed by atoms with Crippen molar-refractivity contribution >= 4 is 6.16 Å². The molecule has 6 heteroatoms. The van der Waals surface area contributed by atoms with Gasteiger partial charge in [0.05, 0.1) is 12.0 Å². The van der Waals surface area contributed by atoms with Crippen molar-refractivity contribution in [1.29, 1.82) is 0 Å². The summed E-state index contributed by atoms with van der Waals surface area (Å²) in [4.78, 5) is 23.9. The molecule has 0 N–H and O–H groups in total. The summed E-state index contributed by atoms with van der Waals surface area (Å²) in [6.45, 7) is 11.9. The molecule has 8 atom stereocenters. The number of carbonyl (C=O) groups excluding carboxylic acids is 1. The SMILES string of the molecule is COC(=O)O[C@@H]1CC[C@@]2(C)C(=C([N+](=O)[O-])C[C@H]3[C@@H]4CC[C@H]([C@@H](C)CCCC(C)C)[C@@]4(C)CC[C@@H]32)C1. The Bertz CT molecular complexity index is 852. The molecule has 0 radical (unpaired) electrons. The number of rotatable bonds is 7. The molecule has 4 aliphatic rings. The van der Waals surface area contributed by atoms with Crippen LogP contribution in [-0.2, 0) is 9.47 Å². The van der Waals surface area contributed by atoms with E-state index in [0.29, 0.717) is 41.7 Å². The smallest absolute Gasteiger partial charge is 0.438 e. The fraction of sp³-hybridized carbons (Fsp3) is 0.897. The van der Waals surface area contributed by atoms with E-state index in [9.17, 15) is 14.9 Å². The summed E-state index contributed by atoms with van der Waals surface area (Å²) in [7, 11) is 1.31. The van der Waals surface area contributed by atoms with Gasteiger partial charge in [0.2, 0.25) is 5.70 Å². The van der Waals surface area contributed by atoms with Gasteiger partial charge in [-0.3, -0.25) is 10.1 Å². The highest BCUT2D eigenvalue weighted by atomic mass is 16.7. The number of hydrogen-bond acceptors (Lipinski definition) is 5. The quantitative estimate of drug-likeness (QED) is 0.207. The zero-order valence-electron chi connectivity index (χ0n) is 22.8. The molecule has 35 heavy (non-hydrogen) atoms. The summed E-state index contributed by atoms with van der Waals surface area (Å²) >= 11 is 0. The summed E-state index contributed by atoms with van der Waals surface area (Å²) in [6.07, 6.45) is 10.5. The highest BCUT2D eigenvalue weighted by molar-refractivity contribution is 5.60. The first-order valence-corrected chi connectivity index (χ1v) is 14.1. The van der Waals surface area contributed by atoms with Crippen molar-refractivity contribution in [3.8, 4) is 0 Å². The summed E-state index contributed by atoms with van der Waals surface area (Å²) in [5, 5.41) is 12.3. The number of allylic oxidation sites excluding steroid dienone is 1. The van der Waals surface area contributed by atoms with Crippen LogP contribution in [0.15, 0.2) is 11.3 Å². The molecule has 0 amide bonds. The Morgan fingerprint density at radius 3 is 2.46 bits per heavy atom. The first-order valence-electron chi connectivity index (χ1n) is 14.1. The third-order valence-electron chi connectivity index (χ3n) is 11.0. The second kappa shape index (κ2) is 10.0. The number of fused-ring (bicyclic) bond motifs is 5. The number of methoxy groups -OCH3 is 1. The fourth-order valence-electron chi connectivity index (χ4n) is 9.23. The Morgan fingerprint density at radius 2 is 1.80 bits per heavy atom. The van der Waals surface area contributed by atoms with Crippen LogP contribution in [0.3, 0.4) is 0 Å². The van der Waals surface area contributed by atoms with Crippen molar-refractivity contribution in [3.05, 3.63) is 21.4 Å². The van der Waals surface area contributed by atoms with E-state index in [1.807, 2.05) is 0 Å². The third-order valence-corrected chi connectivity index (χ3v) is 11.0. The van der Waals surface area contributed by atoms with E-state index in [4.69, 9.17) is 4.74 Å². The fourth-order valence-corrected chi connectivity index (χ4v) is 9.23. The third kappa shape index (κ3) is 4.75. The Labute approximate surface area is 211 Å². The standard InChI is InChI=1S/C29H47NO5/c1-18(2)8-7-9-19(3)22-10-11-23-21-17-26(30(32)33)25-16-20(35-27(31)34-6)12-14-29(25,5)24(21)13-15-28(22,23)4/h18-24H,7-17H2,1-6H3/t19-,20+,21-,22+,23-,24-,28+,29+/m0/s1. The number of carbonyl (C=O) groups is 1. The maximum atomic E-state index is 12.3. The van der Waals surface area contributed by atoms with Crippen LogP contribution < -0.4 is 0 Å². The minimum atomic E-state index is -0.691. The molecular weight excluding hydrogens is 442 g/mol. The summed E-state index contributed by atoms with van der Waals surface area (Å²) in [6, 6.07) is 0. The van der Waals surface area contributed by atoms with Gasteiger partial charge in [-0.1, -0.05) is 53.9 Å². The molecule has 198 valence electrons. The van der Waals surface area contributed by atoms with Crippen molar-refractivity contribution in [2.75, 3.05) is 7.11 Å². The average Bonchev–Trinajstić information content (AvgIpc) is 3.15. The maximum Gasteiger partial charge on any atom is 0.508 e. The molecule has 0 heterocycles. The molecule has 4 rings (SSSR count). The summed E-state index contributed by atoms with van der Waals surface area (Å²) in [5.74, 6) is 3.70. The van der Waals surface area contributed by atoms with Crippen molar-refractivity contribution in [1.82, 2.24) is 0 Å². The number of nitrogens with zero attached hydrogens (tertiary/aromatic N) is 1. The first kappa shape index (κ1) is 26.5. The molecule has 0 aromatic heterocycles. The lowest BCUT2D eigenvalue weighted by Gasteiger charge is -2.58. The van der Waals surface area contributed by atoms with Crippen molar-refractivity contribution < 1.29 is 19.2 Å². The summed E-state index contributed by atoms with van der Waals surface area (Å²) < 4.78 is 10.1. The predicted octanol–water partition coefficient (Wildman–Crippen LogP) is 7.78.